The first-order valence-corrected chi connectivity index (χ1v) is 11.4. The van der Waals surface area contributed by atoms with Crippen LogP contribution >= 0.6 is 31.9 Å². The number of para-hydroxylation sites is 2. The third-order valence-corrected chi connectivity index (χ3v) is 9.32. The number of hydrogen-bond acceptors (Lipinski definition) is 6. The second-order valence-corrected chi connectivity index (χ2v) is 9.79. The van der Waals surface area contributed by atoms with Crippen LogP contribution in [0.3, 0.4) is 0 Å². The maximum atomic E-state index is 12.8. The van der Waals surface area contributed by atoms with Gasteiger partial charge in [-0.15, -0.1) is 0 Å². The van der Waals surface area contributed by atoms with Gasteiger partial charge in [0, 0.05) is 9.65 Å². The number of halogens is 2. The van der Waals surface area contributed by atoms with E-state index in [9.17, 15) is 19.2 Å². The van der Waals surface area contributed by atoms with E-state index in [-0.39, 0.29) is 45.1 Å². The van der Waals surface area contributed by atoms with E-state index in [2.05, 4.69) is 37.2 Å². The summed E-state index contributed by atoms with van der Waals surface area (Å²) in [5, 5.41) is 2.59. The van der Waals surface area contributed by atoms with Gasteiger partial charge in [-0.3, -0.25) is 24.1 Å². The number of benzene rings is 1. The number of likely N-dealkylation sites (tertiary alicyclic amines) is 1. The number of methoxy groups -OCH3 is 1. The summed E-state index contributed by atoms with van der Waals surface area (Å²) in [5.74, 6) is -2.14. The number of hydrogen-bond donors (Lipinski definition) is 1. The molecule has 1 aromatic rings. The van der Waals surface area contributed by atoms with Crippen LogP contribution < -0.4 is 10.1 Å². The zero-order chi connectivity index (χ0) is 21.6. The monoisotopic (exact) mass is 542 g/mol. The van der Waals surface area contributed by atoms with Crippen LogP contribution in [-0.4, -0.2) is 58.5 Å². The molecule has 8 nitrogen and oxygen atoms in total. The predicted octanol–water partition coefficient (Wildman–Crippen LogP) is 1.95. The highest BCUT2D eigenvalue weighted by atomic mass is 79.9. The van der Waals surface area contributed by atoms with Crippen LogP contribution in [0.15, 0.2) is 24.3 Å². The number of amides is 3. The minimum Gasteiger partial charge on any atom is -0.495 e. The zero-order valence-corrected chi connectivity index (χ0v) is 19.2. The van der Waals surface area contributed by atoms with E-state index in [0.29, 0.717) is 11.4 Å². The molecule has 0 spiro atoms. The summed E-state index contributed by atoms with van der Waals surface area (Å²) >= 11 is 7.24. The molecule has 0 aromatic heterocycles. The normalized spacial score (nSPS) is 31.6. The largest absolute Gasteiger partial charge is 0.495 e. The molecule has 1 heterocycles. The highest BCUT2D eigenvalue weighted by Crippen LogP contribution is 2.60. The van der Waals surface area contributed by atoms with Gasteiger partial charge < -0.3 is 14.8 Å². The number of anilines is 1. The molecule has 160 valence electrons. The molecule has 2 saturated carbocycles. The van der Waals surface area contributed by atoms with Crippen molar-refractivity contribution in [1.82, 2.24) is 4.90 Å². The van der Waals surface area contributed by atoms with Crippen molar-refractivity contribution in [3.8, 4) is 5.75 Å². The standard InChI is InChI=1S/C20H20Br2N2O6/c1-29-12-5-3-2-4-11(12)23-13(25)8-30-14(26)7-24-19(27)15-9-6-10(16(15)20(24)28)18(22)17(9)21/h2-5,9-10,15-18H,6-8H2,1H3,(H,23,25)/t9-,10-,15-,16+,17-,18+/m1/s1. The molecule has 6 atom stereocenters. The van der Waals surface area contributed by atoms with Gasteiger partial charge in [0.15, 0.2) is 6.61 Å². The van der Waals surface area contributed by atoms with Crippen molar-refractivity contribution < 1.29 is 28.7 Å². The van der Waals surface area contributed by atoms with Crippen LogP contribution in [0.4, 0.5) is 5.69 Å². The van der Waals surface area contributed by atoms with Crippen molar-refractivity contribution in [2.24, 2.45) is 23.7 Å². The average Bonchev–Trinajstić information content (AvgIpc) is 3.33. The van der Waals surface area contributed by atoms with Crippen LogP contribution in [0.25, 0.3) is 0 Å². The molecular weight excluding hydrogens is 524 g/mol. The Morgan fingerprint density at radius 2 is 1.70 bits per heavy atom. The summed E-state index contributed by atoms with van der Waals surface area (Å²) in [7, 11) is 1.48. The molecule has 4 rings (SSSR count). The first kappa shape index (κ1) is 21.3. The zero-order valence-electron chi connectivity index (χ0n) is 16.0. The van der Waals surface area contributed by atoms with E-state index >= 15 is 0 Å². The number of nitrogens with one attached hydrogen (secondary N) is 1. The molecule has 0 unspecified atom stereocenters. The van der Waals surface area contributed by atoms with E-state index < -0.39 is 25.0 Å². The van der Waals surface area contributed by atoms with Crippen LogP contribution in [0.5, 0.6) is 5.75 Å². The van der Waals surface area contributed by atoms with E-state index in [0.717, 1.165) is 11.3 Å². The lowest BCUT2D eigenvalue weighted by atomic mass is 9.81. The Morgan fingerprint density at radius 1 is 1.10 bits per heavy atom. The van der Waals surface area contributed by atoms with Crippen molar-refractivity contribution in [1.29, 1.82) is 0 Å². The second kappa shape index (κ2) is 8.30. The number of rotatable bonds is 6. The SMILES string of the molecule is COc1ccccc1NC(=O)COC(=O)CN1C(=O)[C@@H]2[C@H]3C[C@@H]([C@H](Br)[C@@H]3Br)[C@@H]2C1=O. The minimum absolute atomic E-state index is 0.0773. The lowest BCUT2D eigenvalue weighted by Crippen LogP contribution is -2.38. The van der Waals surface area contributed by atoms with Crippen molar-refractivity contribution >= 4 is 61.2 Å². The van der Waals surface area contributed by atoms with E-state index in [4.69, 9.17) is 9.47 Å². The number of ether oxygens (including phenoxy) is 2. The number of fused-ring (bicyclic) bond motifs is 5. The molecule has 30 heavy (non-hydrogen) atoms. The fraction of sp³-hybridized carbons (Fsp3) is 0.500. The molecule has 3 aliphatic rings. The van der Waals surface area contributed by atoms with Crippen LogP contribution in [0.1, 0.15) is 6.42 Å². The molecule has 10 heteroatoms. The lowest BCUT2D eigenvalue weighted by Gasteiger charge is -2.28. The van der Waals surface area contributed by atoms with E-state index in [1.54, 1.807) is 24.3 Å². The quantitative estimate of drug-likeness (QED) is 0.334. The highest BCUT2D eigenvalue weighted by molar-refractivity contribution is 9.12. The summed E-state index contributed by atoms with van der Waals surface area (Å²) in [6.45, 7) is -1.01. The molecule has 2 aliphatic carbocycles. The predicted molar refractivity (Wildman–Crippen MR) is 113 cm³/mol. The van der Waals surface area contributed by atoms with Crippen molar-refractivity contribution in [3.05, 3.63) is 24.3 Å². The fourth-order valence-corrected chi connectivity index (χ4v) is 6.69. The molecule has 1 aromatic carbocycles. The smallest absolute Gasteiger partial charge is 0.326 e. The average molecular weight is 544 g/mol. The number of carbonyl (C=O) groups is 4. The summed E-state index contributed by atoms with van der Waals surface area (Å²) in [4.78, 5) is 51.1. The maximum Gasteiger partial charge on any atom is 0.326 e. The van der Waals surface area contributed by atoms with E-state index in [1.165, 1.54) is 7.11 Å². The van der Waals surface area contributed by atoms with Gasteiger partial charge >= 0.3 is 5.97 Å². The highest BCUT2D eigenvalue weighted by Gasteiger charge is 2.66. The van der Waals surface area contributed by atoms with Crippen LogP contribution in [0.2, 0.25) is 0 Å². The fourth-order valence-electron chi connectivity index (χ4n) is 4.82. The molecule has 1 N–H and O–H groups in total. The summed E-state index contributed by atoms with van der Waals surface area (Å²) in [6.07, 6.45) is 0.819. The Balaban J connectivity index is 1.32. The number of nitrogens with zero attached hydrogens (tertiary/aromatic N) is 1. The number of carbonyl (C=O) groups excluding carboxylic acids is 4. The Kier molecular flexibility index (Phi) is 5.89. The molecular formula is C20H20Br2N2O6. The summed E-state index contributed by atoms with van der Waals surface area (Å²) < 4.78 is 10.1. The summed E-state index contributed by atoms with van der Waals surface area (Å²) in [5.41, 5.74) is 0.447. The van der Waals surface area contributed by atoms with Crippen molar-refractivity contribution in [2.45, 2.75) is 16.1 Å². The van der Waals surface area contributed by atoms with Gasteiger partial charge in [-0.1, -0.05) is 44.0 Å². The third-order valence-electron chi connectivity index (χ3n) is 6.11. The van der Waals surface area contributed by atoms with E-state index in [1.807, 2.05) is 0 Å². The van der Waals surface area contributed by atoms with Crippen molar-refractivity contribution in [3.63, 3.8) is 0 Å². The maximum absolute atomic E-state index is 12.8. The number of esters is 1. The first-order valence-electron chi connectivity index (χ1n) is 9.55. The van der Waals surface area contributed by atoms with Gasteiger partial charge in [0.2, 0.25) is 11.8 Å². The molecule has 3 amide bonds. The Labute approximate surface area is 189 Å². The minimum atomic E-state index is -0.801. The molecule has 0 radical (unpaired) electrons. The lowest BCUT2D eigenvalue weighted by molar-refractivity contribution is -0.154. The molecule has 2 bridgehead atoms. The van der Waals surface area contributed by atoms with Gasteiger partial charge in [0.05, 0.1) is 24.6 Å². The van der Waals surface area contributed by atoms with Gasteiger partial charge in [0.25, 0.3) is 5.91 Å². The van der Waals surface area contributed by atoms with Gasteiger partial charge in [-0.25, -0.2) is 0 Å². The molecule has 3 fully saturated rings. The summed E-state index contributed by atoms with van der Waals surface area (Å²) in [6, 6.07) is 6.83. The van der Waals surface area contributed by atoms with Crippen molar-refractivity contribution in [2.75, 3.05) is 25.6 Å². The molecule has 1 aliphatic heterocycles. The first-order chi connectivity index (χ1) is 14.3. The number of alkyl halides is 2. The number of imide groups is 1. The molecule has 1 saturated heterocycles. The van der Waals surface area contributed by atoms with Gasteiger partial charge in [-0.05, 0) is 30.4 Å². The van der Waals surface area contributed by atoms with Gasteiger partial charge in [-0.2, -0.15) is 0 Å². The van der Waals surface area contributed by atoms with Crippen LogP contribution in [0, 0.1) is 23.7 Å². The topological polar surface area (TPSA) is 102 Å². The second-order valence-electron chi connectivity index (χ2n) is 7.68. The van der Waals surface area contributed by atoms with Gasteiger partial charge in [0.1, 0.15) is 12.3 Å². The van der Waals surface area contributed by atoms with Crippen LogP contribution in [-0.2, 0) is 23.9 Å². The Morgan fingerprint density at radius 3 is 2.30 bits per heavy atom. The Bertz CT molecular complexity index is 877. The third kappa shape index (κ3) is 3.53. The Hall–Kier alpha value is -1.94.